The van der Waals surface area contributed by atoms with Gasteiger partial charge < -0.3 is 50.6 Å². The summed E-state index contributed by atoms with van der Waals surface area (Å²) in [4.78, 5) is 0. The molecule has 0 aromatic heterocycles. The second-order valence-electron chi connectivity index (χ2n) is 5.17. The standard InChI is InChI=1S/C11H21NO9/c12-5-3(14)2-19-11(7(5)16)21-9-8(17)6(15)4(1-13)20-10(9)18/h3-11,13-18H,1-2,12H2/t3-,4+,5-,6+,7+,8-,9+,10+,11-/m0/s1. The molecule has 0 radical (unpaired) electrons. The molecule has 2 aliphatic heterocycles. The number of nitrogens with two attached hydrogens (primary N) is 1. The fraction of sp³-hybridized carbons (Fsp3) is 1.00. The summed E-state index contributed by atoms with van der Waals surface area (Å²) in [5.41, 5.74) is 5.56. The van der Waals surface area contributed by atoms with Gasteiger partial charge in [-0.05, 0) is 0 Å². The van der Waals surface area contributed by atoms with Gasteiger partial charge >= 0.3 is 0 Å². The van der Waals surface area contributed by atoms with Crippen LogP contribution in [-0.2, 0) is 14.2 Å². The lowest BCUT2D eigenvalue weighted by atomic mass is 9.98. The van der Waals surface area contributed by atoms with E-state index in [1.165, 1.54) is 0 Å². The highest BCUT2D eigenvalue weighted by molar-refractivity contribution is 4.92. The third-order valence-electron chi connectivity index (χ3n) is 3.68. The van der Waals surface area contributed by atoms with Gasteiger partial charge in [0, 0.05) is 0 Å². The molecule has 2 aliphatic rings. The van der Waals surface area contributed by atoms with Gasteiger partial charge in [0.1, 0.15) is 30.5 Å². The van der Waals surface area contributed by atoms with Gasteiger partial charge in [-0.15, -0.1) is 0 Å². The maximum absolute atomic E-state index is 9.90. The number of hydrogen-bond donors (Lipinski definition) is 7. The average molecular weight is 311 g/mol. The van der Waals surface area contributed by atoms with Crippen LogP contribution >= 0.6 is 0 Å². The first-order chi connectivity index (χ1) is 9.86. The molecule has 2 heterocycles. The third kappa shape index (κ3) is 3.35. The second-order valence-corrected chi connectivity index (χ2v) is 5.17. The van der Waals surface area contributed by atoms with E-state index in [2.05, 4.69) is 0 Å². The summed E-state index contributed by atoms with van der Waals surface area (Å²) in [5, 5.41) is 57.6. The summed E-state index contributed by atoms with van der Waals surface area (Å²) in [6.07, 6.45) is -11.0. The topological polar surface area (TPSA) is 175 Å². The Bertz CT molecular complexity index is 346. The molecule has 21 heavy (non-hydrogen) atoms. The van der Waals surface area contributed by atoms with E-state index in [0.29, 0.717) is 0 Å². The van der Waals surface area contributed by atoms with E-state index < -0.39 is 61.9 Å². The molecule has 9 atom stereocenters. The highest BCUT2D eigenvalue weighted by Gasteiger charge is 2.47. The lowest BCUT2D eigenvalue weighted by Crippen LogP contribution is -2.63. The molecule has 10 nitrogen and oxygen atoms in total. The summed E-state index contributed by atoms with van der Waals surface area (Å²) in [7, 11) is 0. The minimum atomic E-state index is -1.64. The van der Waals surface area contributed by atoms with Crippen LogP contribution in [0.25, 0.3) is 0 Å². The van der Waals surface area contributed by atoms with E-state index in [-0.39, 0.29) is 6.61 Å². The summed E-state index contributed by atoms with van der Waals surface area (Å²) in [6, 6.07) is -1.02. The molecule has 0 saturated carbocycles. The minimum Gasteiger partial charge on any atom is -0.394 e. The molecule has 10 heteroatoms. The zero-order chi connectivity index (χ0) is 15.7. The summed E-state index contributed by atoms with van der Waals surface area (Å²) >= 11 is 0. The van der Waals surface area contributed by atoms with Crippen LogP contribution in [0.15, 0.2) is 0 Å². The van der Waals surface area contributed by atoms with Crippen molar-refractivity contribution >= 4 is 0 Å². The molecule has 0 aromatic carbocycles. The first kappa shape index (κ1) is 17.0. The first-order valence-electron chi connectivity index (χ1n) is 6.56. The van der Waals surface area contributed by atoms with Gasteiger partial charge in [-0.25, -0.2) is 0 Å². The van der Waals surface area contributed by atoms with Crippen LogP contribution in [0.3, 0.4) is 0 Å². The zero-order valence-corrected chi connectivity index (χ0v) is 11.1. The lowest BCUT2D eigenvalue weighted by molar-refractivity contribution is -0.342. The predicted molar refractivity (Wildman–Crippen MR) is 64.6 cm³/mol. The van der Waals surface area contributed by atoms with E-state index in [4.69, 9.17) is 25.1 Å². The van der Waals surface area contributed by atoms with Crippen molar-refractivity contribution in [3.05, 3.63) is 0 Å². The minimum absolute atomic E-state index is 0.190. The van der Waals surface area contributed by atoms with E-state index in [9.17, 15) is 25.5 Å². The molecule has 0 unspecified atom stereocenters. The van der Waals surface area contributed by atoms with Crippen LogP contribution in [-0.4, -0.2) is 99.1 Å². The molecule has 2 fully saturated rings. The first-order valence-corrected chi connectivity index (χ1v) is 6.56. The van der Waals surface area contributed by atoms with Gasteiger partial charge in [0.2, 0.25) is 0 Å². The monoisotopic (exact) mass is 311 g/mol. The summed E-state index contributed by atoms with van der Waals surface area (Å²) in [5.74, 6) is 0. The highest BCUT2D eigenvalue weighted by Crippen LogP contribution is 2.26. The van der Waals surface area contributed by atoms with Crippen molar-refractivity contribution in [2.24, 2.45) is 5.73 Å². The largest absolute Gasteiger partial charge is 0.394 e. The van der Waals surface area contributed by atoms with Crippen LogP contribution in [0, 0.1) is 0 Å². The number of aliphatic hydroxyl groups excluding tert-OH is 6. The molecule has 0 amide bonds. The van der Waals surface area contributed by atoms with Crippen molar-refractivity contribution in [1.29, 1.82) is 0 Å². The fourth-order valence-corrected chi connectivity index (χ4v) is 2.31. The Labute approximate surface area is 120 Å². The quantitative estimate of drug-likeness (QED) is 0.268. The highest BCUT2D eigenvalue weighted by atomic mass is 16.7. The molecular formula is C11H21NO9. The summed E-state index contributed by atoms with van der Waals surface area (Å²) < 4.78 is 15.2. The molecule has 0 aliphatic carbocycles. The Balaban J connectivity index is 2.01. The van der Waals surface area contributed by atoms with Crippen LogP contribution in [0.5, 0.6) is 0 Å². The Morgan fingerprint density at radius 1 is 1.05 bits per heavy atom. The number of hydrogen-bond acceptors (Lipinski definition) is 10. The maximum Gasteiger partial charge on any atom is 0.185 e. The van der Waals surface area contributed by atoms with Crippen LogP contribution in [0.1, 0.15) is 0 Å². The molecular weight excluding hydrogens is 290 g/mol. The van der Waals surface area contributed by atoms with Crippen molar-refractivity contribution in [3.8, 4) is 0 Å². The Morgan fingerprint density at radius 3 is 2.33 bits per heavy atom. The molecule has 0 bridgehead atoms. The fourth-order valence-electron chi connectivity index (χ4n) is 2.31. The van der Waals surface area contributed by atoms with Crippen molar-refractivity contribution < 1.29 is 44.8 Å². The van der Waals surface area contributed by atoms with Gasteiger partial charge in [0.05, 0.1) is 25.4 Å². The lowest BCUT2D eigenvalue weighted by Gasteiger charge is -2.43. The van der Waals surface area contributed by atoms with Crippen molar-refractivity contribution in [2.75, 3.05) is 13.2 Å². The van der Waals surface area contributed by atoms with E-state index in [0.717, 1.165) is 0 Å². The molecule has 124 valence electrons. The van der Waals surface area contributed by atoms with Crippen LogP contribution in [0.4, 0.5) is 0 Å². The molecule has 8 N–H and O–H groups in total. The van der Waals surface area contributed by atoms with Gasteiger partial charge in [-0.3, -0.25) is 0 Å². The number of rotatable bonds is 3. The van der Waals surface area contributed by atoms with E-state index in [1.807, 2.05) is 0 Å². The van der Waals surface area contributed by atoms with Crippen LogP contribution < -0.4 is 5.73 Å². The molecule has 2 saturated heterocycles. The van der Waals surface area contributed by atoms with E-state index >= 15 is 0 Å². The zero-order valence-electron chi connectivity index (χ0n) is 11.1. The van der Waals surface area contributed by atoms with E-state index in [1.54, 1.807) is 0 Å². The SMILES string of the molecule is N[C@@H]1[C@@H](O)[C@H](O[C@@H]2[C@@H](O)[C@H](O)[C@@H](CO)O[C@H]2O)OC[C@@H]1O. The van der Waals surface area contributed by atoms with Gasteiger partial charge in [-0.1, -0.05) is 0 Å². The van der Waals surface area contributed by atoms with Gasteiger partial charge in [0.25, 0.3) is 0 Å². The normalized spacial score (nSPS) is 51.9. The van der Waals surface area contributed by atoms with Gasteiger partial charge in [-0.2, -0.15) is 0 Å². The van der Waals surface area contributed by atoms with Crippen molar-refractivity contribution in [2.45, 2.75) is 55.2 Å². The van der Waals surface area contributed by atoms with Crippen LogP contribution in [0.2, 0.25) is 0 Å². The molecule has 0 spiro atoms. The average Bonchev–Trinajstić information content (AvgIpc) is 2.47. The van der Waals surface area contributed by atoms with Gasteiger partial charge in [0.15, 0.2) is 12.6 Å². The number of aliphatic hydroxyl groups is 6. The maximum atomic E-state index is 9.90. The number of ether oxygens (including phenoxy) is 3. The van der Waals surface area contributed by atoms with Crippen molar-refractivity contribution in [1.82, 2.24) is 0 Å². The van der Waals surface area contributed by atoms with Crippen molar-refractivity contribution in [3.63, 3.8) is 0 Å². The Morgan fingerprint density at radius 2 is 1.71 bits per heavy atom. The second kappa shape index (κ2) is 6.79. The molecule has 0 aromatic rings. The summed E-state index contributed by atoms with van der Waals surface area (Å²) in [6.45, 7) is -0.786. The Kier molecular flexibility index (Phi) is 5.48. The predicted octanol–water partition coefficient (Wildman–Crippen LogP) is -4.79. The molecule has 2 rings (SSSR count). The third-order valence-corrected chi connectivity index (χ3v) is 3.68. The smallest absolute Gasteiger partial charge is 0.185 e. The Hall–Kier alpha value is -0.400.